The maximum atomic E-state index is 12.2. The summed E-state index contributed by atoms with van der Waals surface area (Å²) in [5.74, 6) is -0.270. The molecule has 4 N–H and O–H groups in total. The molecule has 138 valence electrons. The molecular formula is C18H22N4O4. The number of aliphatic hydroxyl groups excluding tert-OH is 1. The minimum atomic E-state index is -0.504. The molecule has 8 nitrogen and oxygen atoms in total. The molecule has 8 heteroatoms. The summed E-state index contributed by atoms with van der Waals surface area (Å²) in [7, 11) is 0. The van der Waals surface area contributed by atoms with Gasteiger partial charge in [-0.15, -0.1) is 0 Å². The lowest BCUT2D eigenvalue weighted by atomic mass is 10.1. The molecule has 0 unspecified atom stereocenters. The first-order chi connectivity index (χ1) is 12.4. The van der Waals surface area contributed by atoms with E-state index in [-0.39, 0.29) is 24.7 Å². The summed E-state index contributed by atoms with van der Waals surface area (Å²) in [6.07, 6.45) is 0. The van der Waals surface area contributed by atoms with Gasteiger partial charge in [0.2, 0.25) is 5.91 Å². The van der Waals surface area contributed by atoms with E-state index in [9.17, 15) is 14.9 Å². The molecular weight excluding hydrogens is 336 g/mol. The number of anilines is 3. The number of carbonyl (C=O) groups is 1. The van der Waals surface area contributed by atoms with Crippen molar-refractivity contribution >= 4 is 28.7 Å². The SMILES string of the molecule is Cc1ccc(NC(=O)CNc2cc([N+](=O)[O-])ccc2NCCO)cc1C. The lowest BCUT2D eigenvalue weighted by Gasteiger charge is -2.13. The first-order valence-electron chi connectivity index (χ1n) is 8.15. The number of amides is 1. The first-order valence-corrected chi connectivity index (χ1v) is 8.15. The average Bonchev–Trinajstić information content (AvgIpc) is 2.61. The van der Waals surface area contributed by atoms with Gasteiger partial charge in [0.05, 0.1) is 29.4 Å². The smallest absolute Gasteiger partial charge is 0.271 e. The van der Waals surface area contributed by atoms with Crippen LogP contribution in [-0.2, 0) is 4.79 Å². The number of carbonyl (C=O) groups excluding carboxylic acids is 1. The quantitative estimate of drug-likeness (QED) is 0.426. The second kappa shape index (κ2) is 8.82. The molecule has 0 saturated heterocycles. The van der Waals surface area contributed by atoms with E-state index in [0.717, 1.165) is 11.1 Å². The predicted molar refractivity (Wildman–Crippen MR) is 102 cm³/mol. The van der Waals surface area contributed by atoms with Crippen molar-refractivity contribution in [2.24, 2.45) is 0 Å². The highest BCUT2D eigenvalue weighted by Crippen LogP contribution is 2.26. The normalized spacial score (nSPS) is 10.3. The van der Waals surface area contributed by atoms with Crippen LogP contribution in [0.4, 0.5) is 22.7 Å². The van der Waals surface area contributed by atoms with Gasteiger partial charge in [-0.2, -0.15) is 0 Å². The van der Waals surface area contributed by atoms with Crippen molar-refractivity contribution < 1.29 is 14.8 Å². The third-order valence-corrected chi connectivity index (χ3v) is 3.87. The molecule has 0 atom stereocenters. The zero-order valence-electron chi connectivity index (χ0n) is 14.7. The summed E-state index contributed by atoms with van der Waals surface area (Å²) in [4.78, 5) is 22.6. The van der Waals surface area contributed by atoms with Crippen LogP contribution in [0.15, 0.2) is 36.4 Å². The zero-order chi connectivity index (χ0) is 19.1. The van der Waals surface area contributed by atoms with E-state index < -0.39 is 4.92 Å². The molecule has 0 radical (unpaired) electrons. The fourth-order valence-corrected chi connectivity index (χ4v) is 2.34. The number of nitro groups is 1. The lowest BCUT2D eigenvalue weighted by Crippen LogP contribution is -2.22. The summed E-state index contributed by atoms with van der Waals surface area (Å²) >= 11 is 0. The second-order valence-corrected chi connectivity index (χ2v) is 5.84. The molecule has 2 aromatic carbocycles. The Kier molecular flexibility index (Phi) is 6.51. The van der Waals surface area contributed by atoms with Gasteiger partial charge >= 0.3 is 0 Å². The van der Waals surface area contributed by atoms with Gasteiger partial charge in [-0.3, -0.25) is 14.9 Å². The van der Waals surface area contributed by atoms with Gasteiger partial charge < -0.3 is 21.1 Å². The Hall–Kier alpha value is -3.13. The van der Waals surface area contributed by atoms with E-state index in [0.29, 0.717) is 23.6 Å². The summed E-state index contributed by atoms with van der Waals surface area (Å²) in [5.41, 5.74) is 3.81. The van der Waals surface area contributed by atoms with Crippen molar-refractivity contribution in [3.8, 4) is 0 Å². The van der Waals surface area contributed by atoms with Crippen molar-refractivity contribution in [3.63, 3.8) is 0 Å². The van der Waals surface area contributed by atoms with E-state index >= 15 is 0 Å². The van der Waals surface area contributed by atoms with Crippen LogP contribution in [0.5, 0.6) is 0 Å². The molecule has 0 aliphatic rings. The fraction of sp³-hybridized carbons (Fsp3) is 0.278. The topological polar surface area (TPSA) is 117 Å². The van der Waals surface area contributed by atoms with E-state index in [1.807, 2.05) is 32.0 Å². The van der Waals surface area contributed by atoms with Gasteiger partial charge in [-0.25, -0.2) is 0 Å². The number of benzene rings is 2. The molecule has 0 aliphatic carbocycles. The van der Waals surface area contributed by atoms with Gasteiger partial charge in [-0.05, 0) is 43.2 Å². The Balaban J connectivity index is 2.06. The zero-order valence-corrected chi connectivity index (χ0v) is 14.7. The Morgan fingerprint density at radius 2 is 1.85 bits per heavy atom. The number of nitrogens with zero attached hydrogens (tertiary/aromatic N) is 1. The molecule has 0 spiro atoms. The third kappa shape index (κ3) is 5.18. The number of hydrogen-bond donors (Lipinski definition) is 4. The number of non-ortho nitro benzene ring substituents is 1. The highest BCUT2D eigenvalue weighted by molar-refractivity contribution is 5.94. The summed E-state index contributed by atoms with van der Waals surface area (Å²) in [6, 6.07) is 9.88. The number of hydrogen-bond acceptors (Lipinski definition) is 6. The average molecular weight is 358 g/mol. The van der Waals surface area contributed by atoms with Crippen molar-refractivity contribution in [1.82, 2.24) is 0 Å². The second-order valence-electron chi connectivity index (χ2n) is 5.84. The Bertz CT molecular complexity index is 808. The number of nitro benzene ring substituents is 1. The van der Waals surface area contributed by atoms with Crippen molar-refractivity contribution in [2.75, 3.05) is 35.6 Å². The summed E-state index contributed by atoms with van der Waals surface area (Å²) in [6.45, 7) is 4.12. The maximum absolute atomic E-state index is 12.2. The Morgan fingerprint density at radius 1 is 1.08 bits per heavy atom. The molecule has 0 fully saturated rings. The monoisotopic (exact) mass is 358 g/mol. The molecule has 0 aromatic heterocycles. The first kappa shape index (κ1) is 19.2. The van der Waals surface area contributed by atoms with Crippen molar-refractivity contribution in [3.05, 3.63) is 57.6 Å². The van der Waals surface area contributed by atoms with Gasteiger partial charge in [0.25, 0.3) is 5.69 Å². The minimum absolute atomic E-state index is 0.0537. The van der Waals surface area contributed by atoms with Crippen molar-refractivity contribution in [1.29, 1.82) is 0 Å². The molecule has 0 heterocycles. The molecule has 1 amide bonds. The molecule has 2 aromatic rings. The van der Waals surface area contributed by atoms with E-state index in [1.54, 1.807) is 0 Å². The number of nitrogens with one attached hydrogen (secondary N) is 3. The molecule has 0 aliphatic heterocycles. The minimum Gasteiger partial charge on any atom is -0.395 e. The van der Waals surface area contributed by atoms with Crippen LogP contribution in [0, 0.1) is 24.0 Å². The van der Waals surface area contributed by atoms with Crippen molar-refractivity contribution in [2.45, 2.75) is 13.8 Å². The number of aryl methyl sites for hydroxylation is 2. The maximum Gasteiger partial charge on any atom is 0.271 e. The standard InChI is InChI=1S/C18H22N4O4/c1-12-3-4-14(9-13(12)2)21-18(24)11-20-17-10-15(22(25)26)5-6-16(17)19-7-8-23/h3-6,9-10,19-20,23H,7-8,11H2,1-2H3,(H,21,24). The molecule has 0 bridgehead atoms. The van der Waals surface area contributed by atoms with Crippen LogP contribution >= 0.6 is 0 Å². The predicted octanol–water partition coefficient (Wildman–Crippen LogP) is 2.67. The number of rotatable bonds is 8. The summed E-state index contributed by atoms with van der Waals surface area (Å²) in [5, 5.41) is 28.5. The third-order valence-electron chi connectivity index (χ3n) is 3.87. The Morgan fingerprint density at radius 3 is 2.50 bits per heavy atom. The van der Waals surface area contributed by atoms with Gasteiger partial charge in [0.15, 0.2) is 0 Å². The van der Waals surface area contributed by atoms with Crippen LogP contribution in [-0.4, -0.2) is 35.6 Å². The fourth-order valence-electron chi connectivity index (χ4n) is 2.34. The highest BCUT2D eigenvalue weighted by atomic mass is 16.6. The van der Waals surface area contributed by atoms with Crippen LogP contribution in [0.1, 0.15) is 11.1 Å². The van der Waals surface area contributed by atoms with Gasteiger partial charge in [0.1, 0.15) is 0 Å². The van der Waals surface area contributed by atoms with E-state index in [2.05, 4.69) is 16.0 Å². The van der Waals surface area contributed by atoms with Crippen LogP contribution in [0.2, 0.25) is 0 Å². The van der Waals surface area contributed by atoms with Gasteiger partial charge in [0, 0.05) is 24.4 Å². The lowest BCUT2D eigenvalue weighted by molar-refractivity contribution is -0.384. The molecule has 2 rings (SSSR count). The molecule has 0 saturated carbocycles. The summed E-state index contributed by atoms with van der Waals surface area (Å²) < 4.78 is 0. The molecule has 26 heavy (non-hydrogen) atoms. The highest BCUT2D eigenvalue weighted by Gasteiger charge is 2.12. The Labute approximate surface area is 151 Å². The van der Waals surface area contributed by atoms with Crippen LogP contribution in [0.3, 0.4) is 0 Å². The van der Waals surface area contributed by atoms with E-state index in [4.69, 9.17) is 5.11 Å². The van der Waals surface area contributed by atoms with Crippen LogP contribution < -0.4 is 16.0 Å². The largest absolute Gasteiger partial charge is 0.395 e. The van der Waals surface area contributed by atoms with Gasteiger partial charge in [-0.1, -0.05) is 6.07 Å². The van der Waals surface area contributed by atoms with Crippen LogP contribution in [0.25, 0.3) is 0 Å². The number of aliphatic hydroxyl groups is 1. The van der Waals surface area contributed by atoms with E-state index in [1.165, 1.54) is 18.2 Å².